The molecule has 90 valence electrons. The fourth-order valence-electron chi connectivity index (χ4n) is 2.04. The van der Waals surface area contributed by atoms with Crippen LogP contribution in [0.4, 0.5) is 4.39 Å². The van der Waals surface area contributed by atoms with Gasteiger partial charge in [-0.3, -0.25) is 0 Å². The molecule has 0 amide bonds. The molecule has 1 aromatic rings. The molecule has 1 atom stereocenters. The lowest BCUT2D eigenvalue weighted by Gasteiger charge is -2.10. The van der Waals surface area contributed by atoms with Crippen molar-refractivity contribution in [1.82, 2.24) is 15.1 Å². The highest BCUT2D eigenvalue weighted by atomic mass is 19.1. The molecule has 1 aromatic heterocycles. The first-order chi connectivity index (χ1) is 7.68. The van der Waals surface area contributed by atoms with Crippen molar-refractivity contribution >= 4 is 0 Å². The number of ether oxygens (including phenoxy) is 1. The molecule has 4 nitrogen and oxygen atoms in total. The van der Waals surface area contributed by atoms with Crippen molar-refractivity contribution in [3.05, 3.63) is 17.2 Å². The van der Waals surface area contributed by atoms with Gasteiger partial charge < -0.3 is 10.1 Å². The topological polar surface area (TPSA) is 39.1 Å². The predicted molar refractivity (Wildman–Crippen MR) is 58.6 cm³/mol. The maximum Gasteiger partial charge on any atom is 0.215 e. The van der Waals surface area contributed by atoms with Gasteiger partial charge in [0.25, 0.3) is 0 Å². The van der Waals surface area contributed by atoms with Crippen LogP contribution in [0.1, 0.15) is 24.1 Å². The zero-order valence-electron chi connectivity index (χ0n) is 9.79. The first-order valence-electron chi connectivity index (χ1n) is 5.68. The van der Waals surface area contributed by atoms with E-state index in [9.17, 15) is 4.39 Å². The summed E-state index contributed by atoms with van der Waals surface area (Å²) in [7, 11) is 1.62. The Bertz CT molecular complexity index is 358. The number of aromatic nitrogens is 2. The smallest absolute Gasteiger partial charge is 0.215 e. The van der Waals surface area contributed by atoms with Gasteiger partial charge in [-0.05, 0) is 19.8 Å². The second-order valence-electron chi connectivity index (χ2n) is 4.24. The van der Waals surface area contributed by atoms with Crippen LogP contribution in [0.5, 0.6) is 0 Å². The summed E-state index contributed by atoms with van der Waals surface area (Å²) < 4.78 is 20.3. The number of hydrogen-bond donors (Lipinski definition) is 1. The summed E-state index contributed by atoms with van der Waals surface area (Å²) in [6.45, 7) is 3.98. The molecule has 0 spiro atoms. The van der Waals surface area contributed by atoms with Crippen molar-refractivity contribution in [2.45, 2.75) is 32.4 Å². The van der Waals surface area contributed by atoms with E-state index >= 15 is 0 Å². The summed E-state index contributed by atoms with van der Waals surface area (Å²) in [5.41, 5.74) is 1.40. The molecule has 1 saturated heterocycles. The Morgan fingerprint density at radius 2 is 2.44 bits per heavy atom. The molecule has 16 heavy (non-hydrogen) atoms. The molecular formula is C11H18FN3O. The van der Waals surface area contributed by atoms with Crippen LogP contribution in [0, 0.1) is 12.9 Å². The molecule has 0 bridgehead atoms. The SMILES string of the molecule is Cc1nn(C)c(F)c1CNC[C@@H]1CCCO1. The molecule has 2 rings (SSSR count). The summed E-state index contributed by atoms with van der Waals surface area (Å²) in [6, 6.07) is 0. The van der Waals surface area contributed by atoms with Gasteiger partial charge in [0.2, 0.25) is 5.95 Å². The molecule has 1 aliphatic heterocycles. The van der Waals surface area contributed by atoms with Crippen LogP contribution < -0.4 is 5.32 Å². The Morgan fingerprint density at radius 3 is 3.00 bits per heavy atom. The molecule has 1 aliphatic rings. The van der Waals surface area contributed by atoms with Crippen molar-refractivity contribution in [1.29, 1.82) is 0 Å². The van der Waals surface area contributed by atoms with Crippen LogP contribution in [-0.2, 0) is 18.3 Å². The number of nitrogens with zero attached hydrogens (tertiary/aromatic N) is 2. The minimum absolute atomic E-state index is 0.252. The van der Waals surface area contributed by atoms with E-state index in [1.165, 1.54) is 4.68 Å². The Kier molecular flexibility index (Phi) is 3.56. The summed E-state index contributed by atoms with van der Waals surface area (Å²) in [5, 5.41) is 7.25. The molecule has 0 aromatic carbocycles. The molecule has 1 fully saturated rings. The summed E-state index contributed by atoms with van der Waals surface area (Å²) in [5.74, 6) is -0.252. The van der Waals surface area contributed by atoms with Crippen LogP contribution in [0.3, 0.4) is 0 Å². The van der Waals surface area contributed by atoms with Crippen LogP contribution in [0.25, 0.3) is 0 Å². The van der Waals surface area contributed by atoms with Crippen molar-refractivity contribution in [3.63, 3.8) is 0 Å². The molecule has 1 N–H and O–H groups in total. The molecular weight excluding hydrogens is 209 g/mol. The number of hydrogen-bond acceptors (Lipinski definition) is 3. The standard InChI is InChI=1S/C11H18FN3O/c1-8-10(11(12)15(2)14-8)7-13-6-9-4-3-5-16-9/h9,13H,3-7H2,1-2H3/t9-/m0/s1. The Labute approximate surface area is 94.8 Å². The fourth-order valence-corrected chi connectivity index (χ4v) is 2.04. The highest BCUT2D eigenvalue weighted by molar-refractivity contribution is 5.16. The van der Waals surface area contributed by atoms with E-state index in [0.29, 0.717) is 18.2 Å². The zero-order chi connectivity index (χ0) is 11.5. The van der Waals surface area contributed by atoms with E-state index in [2.05, 4.69) is 10.4 Å². The lowest BCUT2D eigenvalue weighted by atomic mass is 10.2. The van der Waals surface area contributed by atoms with Crippen molar-refractivity contribution < 1.29 is 9.13 Å². The third-order valence-electron chi connectivity index (χ3n) is 2.97. The predicted octanol–water partition coefficient (Wildman–Crippen LogP) is 1.14. The summed E-state index contributed by atoms with van der Waals surface area (Å²) in [4.78, 5) is 0. The third kappa shape index (κ3) is 2.41. The van der Waals surface area contributed by atoms with E-state index in [0.717, 1.165) is 31.7 Å². The van der Waals surface area contributed by atoms with Crippen molar-refractivity contribution in [2.24, 2.45) is 7.05 Å². The van der Waals surface area contributed by atoms with Crippen LogP contribution in [0.15, 0.2) is 0 Å². The zero-order valence-corrected chi connectivity index (χ0v) is 9.79. The lowest BCUT2D eigenvalue weighted by molar-refractivity contribution is 0.110. The summed E-state index contributed by atoms with van der Waals surface area (Å²) in [6.07, 6.45) is 2.52. The highest BCUT2D eigenvalue weighted by Gasteiger charge is 2.16. The largest absolute Gasteiger partial charge is 0.377 e. The number of aryl methyl sites for hydroxylation is 2. The minimum Gasteiger partial charge on any atom is -0.377 e. The van der Waals surface area contributed by atoms with Crippen molar-refractivity contribution in [2.75, 3.05) is 13.2 Å². The van der Waals surface area contributed by atoms with E-state index < -0.39 is 0 Å². The number of halogens is 1. The van der Waals surface area contributed by atoms with Gasteiger partial charge in [0.1, 0.15) is 0 Å². The number of rotatable bonds is 4. The average molecular weight is 227 g/mol. The normalized spacial score (nSPS) is 20.6. The van der Waals surface area contributed by atoms with E-state index in [1.54, 1.807) is 7.05 Å². The van der Waals surface area contributed by atoms with Gasteiger partial charge in [0.15, 0.2) is 0 Å². The Hall–Kier alpha value is -0.940. The molecule has 0 saturated carbocycles. The monoisotopic (exact) mass is 227 g/mol. The van der Waals surface area contributed by atoms with Gasteiger partial charge in [0.05, 0.1) is 11.8 Å². The first-order valence-corrected chi connectivity index (χ1v) is 5.68. The number of nitrogens with one attached hydrogen (secondary N) is 1. The molecule has 0 aliphatic carbocycles. The van der Waals surface area contributed by atoms with Crippen LogP contribution in [0.2, 0.25) is 0 Å². The maximum atomic E-state index is 13.6. The Morgan fingerprint density at radius 1 is 1.62 bits per heavy atom. The fraction of sp³-hybridized carbons (Fsp3) is 0.727. The molecule has 0 radical (unpaired) electrons. The highest BCUT2D eigenvalue weighted by Crippen LogP contribution is 2.13. The van der Waals surface area contributed by atoms with Gasteiger partial charge in [-0.25, -0.2) is 4.68 Å². The quantitative estimate of drug-likeness (QED) is 0.838. The van der Waals surface area contributed by atoms with E-state index in [4.69, 9.17) is 4.74 Å². The van der Waals surface area contributed by atoms with E-state index in [-0.39, 0.29) is 5.95 Å². The van der Waals surface area contributed by atoms with Crippen LogP contribution >= 0.6 is 0 Å². The van der Waals surface area contributed by atoms with Crippen molar-refractivity contribution in [3.8, 4) is 0 Å². The first kappa shape index (κ1) is 11.5. The van der Waals surface area contributed by atoms with Gasteiger partial charge >= 0.3 is 0 Å². The molecule has 0 unspecified atom stereocenters. The third-order valence-corrected chi connectivity index (χ3v) is 2.97. The van der Waals surface area contributed by atoms with Gasteiger partial charge in [0, 0.05) is 32.3 Å². The van der Waals surface area contributed by atoms with Gasteiger partial charge in [-0.1, -0.05) is 0 Å². The van der Waals surface area contributed by atoms with Gasteiger partial charge in [-0.2, -0.15) is 9.49 Å². The lowest BCUT2D eigenvalue weighted by Crippen LogP contribution is -2.26. The molecule has 2 heterocycles. The van der Waals surface area contributed by atoms with E-state index in [1.807, 2.05) is 6.92 Å². The average Bonchev–Trinajstić information content (AvgIpc) is 2.82. The maximum absolute atomic E-state index is 13.6. The molecule has 5 heteroatoms. The summed E-state index contributed by atoms with van der Waals surface area (Å²) >= 11 is 0. The Balaban J connectivity index is 1.84. The van der Waals surface area contributed by atoms with Gasteiger partial charge in [-0.15, -0.1) is 0 Å². The second kappa shape index (κ2) is 4.93. The second-order valence-corrected chi connectivity index (χ2v) is 4.24. The van der Waals surface area contributed by atoms with Crippen LogP contribution in [-0.4, -0.2) is 29.0 Å². The minimum atomic E-state index is -0.252.